The van der Waals surface area contributed by atoms with Crippen molar-refractivity contribution in [2.24, 2.45) is 0 Å². The molecule has 12 heavy (non-hydrogen) atoms. The molecule has 1 rings (SSSR count). The zero-order chi connectivity index (χ0) is 8.97. The first-order valence-electron chi connectivity index (χ1n) is 3.76. The molecule has 0 aliphatic heterocycles. The number of hydrogen-bond acceptors (Lipinski definition) is 5. The van der Waals surface area contributed by atoms with E-state index in [0.29, 0.717) is 18.3 Å². The van der Waals surface area contributed by atoms with Crippen LogP contribution in [0, 0.1) is 0 Å². The van der Waals surface area contributed by atoms with E-state index < -0.39 is 0 Å². The van der Waals surface area contributed by atoms with Gasteiger partial charge in [-0.2, -0.15) is 4.98 Å². The third kappa shape index (κ3) is 2.02. The summed E-state index contributed by atoms with van der Waals surface area (Å²) in [7, 11) is 3.43. The molecule has 0 fully saturated rings. The highest BCUT2D eigenvalue weighted by Gasteiger charge is 2.11. The summed E-state index contributed by atoms with van der Waals surface area (Å²) in [4.78, 5) is 4.11. The molecule has 1 heterocycles. The maximum atomic E-state index is 4.97. The van der Waals surface area contributed by atoms with Crippen molar-refractivity contribution in [2.45, 2.75) is 19.6 Å². The molecule has 0 spiro atoms. The Bertz CT molecular complexity index is 236. The molecule has 0 amide bonds. The molecule has 0 saturated heterocycles. The van der Waals surface area contributed by atoms with Crippen molar-refractivity contribution in [2.75, 3.05) is 14.2 Å². The first-order chi connectivity index (χ1) is 5.77. The number of aromatic nitrogens is 2. The van der Waals surface area contributed by atoms with Gasteiger partial charge in [0.2, 0.25) is 5.89 Å². The number of hydrogen-bond donors (Lipinski definition) is 1. The fourth-order valence-electron chi connectivity index (χ4n) is 0.755. The normalized spacial score (nSPS) is 13.2. The van der Waals surface area contributed by atoms with Crippen molar-refractivity contribution < 1.29 is 9.26 Å². The Morgan fingerprint density at radius 1 is 1.67 bits per heavy atom. The number of ether oxygens (including phenoxy) is 1. The van der Waals surface area contributed by atoms with Crippen LogP contribution in [0.1, 0.15) is 24.7 Å². The van der Waals surface area contributed by atoms with Crippen LogP contribution in [0.5, 0.6) is 0 Å². The Balaban J connectivity index is 2.63. The fraction of sp³-hybridized carbons (Fsp3) is 0.714. The Hall–Kier alpha value is -0.940. The third-order valence-corrected chi connectivity index (χ3v) is 1.56. The average molecular weight is 171 g/mol. The standard InChI is InChI=1S/C7H13N3O2/c1-5(8-2)7-9-6(4-11-3)10-12-7/h5,8H,4H2,1-3H3. The maximum Gasteiger partial charge on any atom is 0.243 e. The summed E-state index contributed by atoms with van der Waals surface area (Å²) in [6.45, 7) is 2.34. The first kappa shape index (κ1) is 9.15. The number of methoxy groups -OCH3 is 1. The molecule has 0 bridgehead atoms. The molecule has 1 unspecified atom stereocenters. The smallest absolute Gasteiger partial charge is 0.243 e. The molecule has 1 aromatic heterocycles. The number of nitrogens with zero attached hydrogens (tertiary/aromatic N) is 2. The van der Waals surface area contributed by atoms with Gasteiger partial charge in [-0.05, 0) is 14.0 Å². The maximum absolute atomic E-state index is 4.97. The Kier molecular flexibility index (Phi) is 3.19. The van der Waals surface area contributed by atoms with Crippen LogP contribution in [0.15, 0.2) is 4.52 Å². The lowest BCUT2D eigenvalue weighted by Gasteiger charge is -2.01. The summed E-state index contributed by atoms with van der Waals surface area (Å²) in [5.41, 5.74) is 0. The summed E-state index contributed by atoms with van der Waals surface area (Å²) >= 11 is 0. The van der Waals surface area contributed by atoms with Gasteiger partial charge in [0.15, 0.2) is 5.82 Å². The molecular formula is C7H13N3O2. The van der Waals surface area contributed by atoms with Gasteiger partial charge in [0.05, 0.1) is 6.04 Å². The van der Waals surface area contributed by atoms with Gasteiger partial charge in [-0.15, -0.1) is 0 Å². The summed E-state index contributed by atoms with van der Waals surface area (Å²) in [6, 6.07) is 0.0862. The van der Waals surface area contributed by atoms with Crippen LogP contribution < -0.4 is 5.32 Å². The topological polar surface area (TPSA) is 60.2 Å². The molecule has 5 heteroatoms. The van der Waals surface area contributed by atoms with Gasteiger partial charge in [-0.3, -0.25) is 0 Å². The van der Waals surface area contributed by atoms with E-state index in [9.17, 15) is 0 Å². The van der Waals surface area contributed by atoms with Crippen LogP contribution in [0.25, 0.3) is 0 Å². The van der Waals surface area contributed by atoms with E-state index in [2.05, 4.69) is 15.5 Å². The van der Waals surface area contributed by atoms with Gasteiger partial charge in [-0.1, -0.05) is 5.16 Å². The largest absolute Gasteiger partial charge is 0.377 e. The van der Waals surface area contributed by atoms with Crippen LogP contribution in [0.3, 0.4) is 0 Å². The van der Waals surface area contributed by atoms with Gasteiger partial charge in [0, 0.05) is 7.11 Å². The molecular weight excluding hydrogens is 158 g/mol. The van der Waals surface area contributed by atoms with Gasteiger partial charge in [0.25, 0.3) is 0 Å². The molecule has 5 nitrogen and oxygen atoms in total. The predicted octanol–water partition coefficient (Wildman–Crippen LogP) is 0.496. The summed E-state index contributed by atoms with van der Waals surface area (Å²) in [5, 5.41) is 6.72. The molecule has 1 atom stereocenters. The van der Waals surface area contributed by atoms with Crippen LogP contribution in [0.4, 0.5) is 0 Å². The van der Waals surface area contributed by atoms with Crippen LogP contribution in [-0.2, 0) is 11.3 Å². The van der Waals surface area contributed by atoms with E-state index in [1.54, 1.807) is 7.11 Å². The van der Waals surface area contributed by atoms with E-state index in [1.807, 2.05) is 14.0 Å². The predicted molar refractivity (Wildman–Crippen MR) is 42.5 cm³/mol. The van der Waals surface area contributed by atoms with Crippen LogP contribution in [-0.4, -0.2) is 24.3 Å². The zero-order valence-electron chi connectivity index (χ0n) is 7.50. The van der Waals surface area contributed by atoms with Gasteiger partial charge in [0.1, 0.15) is 6.61 Å². The van der Waals surface area contributed by atoms with Crippen molar-refractivity contribution >= 4 is 0 Å². The first-order valence-corrected chi connectivity index (χ1v) is 3.76. The summed E-state index contributed by atoms with van der Waals surface area (Å²) in [5.74, 6) is 1.17. The summed E-state index contributed by atoms with van der Waals surface area (Å²) in [6.07, 6.45) is 0. The lowest BCUT2D eigenvalue weighted by atomic mass is 10.3. The molecule has 0 aromatic carbocycles. The minimum Gasteiger partial charge on any atom is -0.377 e. The second-order valence-corrected chi connectivity index (χ2v) is 2.49. The second kappa shape index (κ2) is 4.18. The average Bonchev–Trinajstić information content (AvgIpc) is 2.52. The summed E-state index contributed by atoms with van der Waals surface area (Å²) < 4.78 is 9.82. The van der Waals surface area contributed by atoms with Crippen molar-refractivity contribution in [3.05, 3.63) is 11.7 Å². The Labute approximate surface area is 71.1 Å². The van der Waals surface area contributed by atoms with Gasteiger partial charge in [-0.25, -0.2) is 0 Å². The Morgan fingerprint density at radius 2 is 2.42 bits per heavy atom. The van der Waals surface area contributed by atoms with Gasteiger partial charge < -0.3 is 14.6 Å². The lowest BCUT2D eigenvalue weighted by Crippen LogP contribution is -2.12. The molecule has 0 aliphatic carbocycles. The highest BCUT2D eigenvalue weighted by Crippen LogP contribution is 2.08. The monoisotopic (exact) mass is 171 g/mol. The van der Waals surface area contributed by atoms with E-state index in [1.165, 1.54) is 0 Å². The van der Waals surface area contributed by atoms with E-state index in [4.69, 9.17) is 9.26 Å². The van der Waals surface area contributed by atoms with Crippen LogP contribution in [0.2, 0.25) is 0 Å². The van der Waals surface area contributed by atoms with Crippen LogP contribution >= 0.6 is 0 Å². The highest BCUT2D eigenvalue weighted by atomic mass is 16.5. The minimum absolute atomic E-state index is 0.0862. The molecule has 0 saturated carbocycles. The molecule has 68 valence electrons. The zero-order valence-corrected chi connectivity index (χ0v) is 7.50. The van der Waals surface area contributed by atoms with E-state index >= 15 is 0 Å². The highest BCUT2D eigenvalue weighted by molar-refractivity contribution is 4.89. The third-order valence-electron chi connectivity index (χ3n) is 1.56. The van der Waals surface area contributed by atoms with Gasteiger partial charge >= 0.3 is 0 Å². The van der Waals surface area contributed by atoms with Crippen molar-refractivity contribution in [1.29, 1.82) is 0 Å². The van der Waals surface area contributed by atoms with Crippen molar-refractivity contribution in [3.63, 3.8) is 0 Å². The number of rotatable bonds is 4. The molecule has 0 aliphatic rings. The molecule has 1 N–H and O–H groups in total. The molecule has 0 radical (unpaired) electrons. The SMILES string of the molecule is CNC(C)c1nc(COC)no1. The second-order valence-electron chi connectivity index (χ2n) is 2.49. The quantitative estimate of drug-likeness (QED) is 0.714. The lowest BCUT2D eigenvalue weighted by molar-refractivity contribution is 0.174. The molecule has 1 aromatic rings. The van der Waals surface area contributed by atoms with E-state index in [-0.39, 0.29) is 6.04 Å². The fourth-order valence-corrected chi connectivity index (χ4v) is 0.755. The minimum atomic E-state index is 0.0862. The van der Waals surface area contributed by atoms with Crippen molar-refractivity contribution in [3.8, 4) is 0 Å². The van der Waals surface area contributed by atoms with Crippen molar-refractivity contribution in [1.82, 2.24) is 15.5 Å². The Morgan fingerprint density at radius 3 is 3.00 bits per heavy atom. The van der Waals surface area contributed by atoms with E-state index in [0.717, 1.165) is 0 Å². The number of nitrogens with one attached hydrogen (secondary N) is 1.